The quantitative estimate of drug-likeness (QED) is 0.884. The molecule has 0 amide bonds. The van der Waals surface area contributed by atoms with E-state index in [0.717, 1.165) is 5.92 Å². The predicted molar refractivity (Wildman–Crippen MR) is 74.0 cm³/mol. The van der Waals surface area contributed by atoms with Crippen molar-refractivity contribution in [2.24, 2.45) is 5.92 Å². The van der Waals surface area contributed by atoms with Gasteiger partial charge in [-0.2, -0.15) is 0 Å². The first-order valence-corrected chi connectivity index (χ1v) is 7.51. The van der Waals surface area contributed by atoms with Crippen molar-refractivity contribution in [3.8, 4) is 0 Å². The summed E-state index contributed by atoms with van der Waals surface area (Å²) in [5.41, 5.74) is 0. The molecule has 1 heterocycles. The van der Waals surface area contributed by atoms with Crippen LogP contribution >= 0.6 is 0 Å². The van der Waals surface area contributed by atoms with Crippen molar-refractivity contribution >= 4 is 6.01 Å². The number of nitrogens with zero attached hydrogens (tertiary/aromatic N) is 3. The zero-order chi connectivity index (χ0) is 13.2. The molecule has 0 radical (unpaired) electrons. The minimum absolute atomic E-state index is 0.556. The number of anilines is 1. The number of hydrogen-bond acceptors (Lipinski definition) is 5. The molecule has 19 heavy (non-hydrogen) atoms. The van der Waals surface area contributed by atoms with E-state index in [1.165, 1.54) is 38.5 Å². The molecule has 0 aromatic carbocycles. The van der Waals surface area contributed by atoms with Gasteiger partial charge in [-0.15, -0.1) is 5.10 Å². The standard InChI is InChI=1S/C14H24N4O/c1-10-3-7-12(8-4-10)18(2)14-17-16-13(19-14)9-15-11-5-6-11/h10-12,15H,3-9H2,1-2H3. The van der Waals surface area contributed by atoms with Crippen molar-refractivity contribution in [2.45, 2.75) is 64.1 Å². The molecule has 1 aromatic rings. The number of aromatic nitrogens is 2. The molecule has 2 aliphatic carbocycles. The smallest absolute Gasteiger partial charge is 0.318 e. The summed E-state index contributed by atoms with van der Waals surface area (Å²) >= 11 is 0. The minimum Gasteiger partial charge on any atom is -0.407 e. The topological polar surface area (TPSA) is 54.2 Å². The van der Waals surface area contributed by atoms with Gasteiger partial charge in [-0.25, -0.2) is 0 Å². The van der Waals surface area contributed by atoms with E-state index in [1.807, 2.05) is 0 Å². The third-order valence-corrected chi connectivity index (χ3v) is 4.41. The molecule has 0 unspecified atom stereocenters. The molecule has 0 bridgehead atoms. The summed E-state index contributed by atoms with van der Waals surface area (Å²) in [6.07, 6.45) is 7.63. The highest BCUT2D eigenvalue weighted by Crippen LogP contribution is 2.28. The lowest BCUT2D eigenvalue weighted by atomic mass is 9.87. The predicted octanol–water partition coefficient (Wildman–Crippen LogP) is 2.34. The lowest BCUT2D eigenvalue weighted by Gasteiger charge is -2.32. The summed E-state index contributed by atoms with van der Waals surface area (Å²) in [7, 11) is 2.08. The van der Waals surface area contributed by atoms with Crippen LogP contribution < -0.4 is 10.2 Å². The van der Waals surface area contributed by atoms with Crippen LogP contribution in [0, 0.1) is 5.92 Å². The summed E-state index contributed by atoms with van der Waals surface area (Å²) in [5, 5.41) is 11.7. The number of rotatable bonds is 5. The first kappa shape index (κ1) is 12.9. The Bertz CT molecular complexity index is 407. The summed E-state index contributed by atoms with van der Waals surface area (Å²) in [4.78, 5) is 2.17. The van der Waals surface area contributed by atoms with E-state index in [0.29, 0.717) is 30.5 Å². The van der Waals surface area contributed by atoms with Crippen LogP contribution in [-0.2, 0) is 6.54 Å². The SMILES string of the molecule is CC1CCC(N(C)c2nnc(CNC3CC3)o2)CC1. The van der Waals surface area contributed by atoms with Crippen molar-refractivity contribution in [3.05, 3.63) is 5.89 Å². The van der Waals surface area contributed by atoms with E-state index < -0.39 is 0 Å². The average Bonchev–Trinajstić information content (AvgIpc) is 3.13. The van der Waals surface area contributed by atoms with E-state index in [-0.39, 0.29) is 0 Å². The summed E-state index contributed by atoms with van der Waals surface area (Å²) in [6, 6.07) is 1.90. The molecular weight excluding hydrogens is 240 g/mol. The van der Waals surface area contributed by atoms with Crippen LogP contribution in [0.3, 0.4) is 0 Å². The van der Waals surface area contributed by atoms with Crippen molar-refractivity contribution < 1.29 is 4.42 Å². The molecule has 3 rings (SSSR count). The van der Waals surface area contributed by atoms with E-state index in [2.05, 4.69) is 34.4 Å². The lowest BCUT2D eigenvalue weighted by Crippen LogP contribution is -2.35. The fraction of sp³-hybridized carbons (Fsp3) is 0.857. The molecule has 1 N–H and O–H groups in total. The van der Waals surface area contributed by atoms with Gasteiger partial charge in [0, 0.05) is 19.1 Å². The van der Waals surface area contributed by atoms with Crippen molar-refractivity contribution in [1.82, 2.24) is 15.5 Å². The first-order chi connectivity index (χ1) is 9.22. The van der Waals surface area contributed by atoms with Gasteiger partial charge in [-0.3, -0.25) is 0 Å². The fourth-order valence-corrected chi connectivity index (χ4v) is 2.76. The van der Waals surface area contributed by atoms with Gasteiger partial charge in [-0.1, -0.05) is 12.0 Å². The Balaban J connectivity index is 1.54. The Hall–Kier alpha value is -1.10. The summed E-state index contributed by atoms with van der Waals surface area (Å²) in [6.45, 7) is 3.04. The Morgan fingerprint density at radius 2 is 1.89 bits per heavy atom. The van der Waals surface area contributed by atoms with Crippen molar-refractivity contribution in [2.75, 3.05) is 11.9 Å². The number of hydrogen-bond donors (Lipinski definition) is 1. The molecule has 0 atom stereocenters. The first-order valence-electron chi connectivity index (χ1n) is 7.51. The molecule has 0 saturated heterocycles. The van der Waals surface area contributed by atoms with Crippen LogP contribution in [0.15, 0.2) is 4.42 Å². The lowest BCUT2D eigenvalue weighted by molar-refractivity contribution is 0.330. The van der Waals surface area contributed by atoms with Crippen LogP contribution in [0.1, 0.15) is 51.3 Å². The van der Waals surface area contributed by atoms with Crippen LogP contribution in [0.5, 0.6) is 0 Å². The molecule has 0 spiro atoms. The van der Waals surface area contributed by atoms with Gasteiger partial charge in [0.05, 0.1) is 6.54 Å². The van der Waals surface area contributed by atoms with Crippen LogP contribution in [0.4, 0.5) is 6.01 Å². The van der Waals surface area contributed by atoms with E-state index in [4.69, 9.17) is 4.42 Å². The molecule has 106 valence electrons. The Morgan fingerprint density at radius 1 is 1.16 bits per heavy atom. The minimum atomic E-state index is 0.556. The molecule has 1 aromatic heterocycles. The molecule has 5 nitrogen and oxygen atoms in total. The van der Waals surface area contributed by atoms with Gasteiger partial charge in [0.1, 0.15) is 0 Å². The maximum Gasteiger partial charge on any atom is 0.318 e. The van der Waals surface area contributed by atoms with Crippen LogP contribution in [0.25, 0.3) is 0 Å². The van der Waals surface area contributed by atoms with Crippen molar-refractivity contribution in [3.63, 3.8) is 0 Å². The molecule has 2 saturated carbocycles. The molecule has 0 aliphatic heterocycles. The fourth-order valence-electron chi connectivity index (χ4n) is 2.76. The maximum absolute atomic E-state index is 5.74. The zero-order valence-electron chi connectivity index (χ0n) is 11.9. The van der Waals surface area contributed by atoms with Crippen molar-refractivity contribution in [1.29, 1.82) is 0 Å². The highest BCUT2D eigenvalue weighted by Gasteiger charge is 2.25. The Labute approximate surface area is 114 Å². The van der Waals surface area contributed by atoms with Gasteiger partial charge in [0.25, 0.3) is 0 Å². The highest BCUT2D eigenvalue weighted by molar-refractivity contribution is 5.24. The van der Waals surface area contributed by atoms with Gasteiger partial charge >= 0.3 is 6.01 Å². The summed E-state index contributed by atoms with van der Waals surface area (Å²) in [5.74, 6) is 1.57. The monoisotopic (exact) mass is 264 g/mol. The second kappa shape index (κ2) is 5.49. The molecule has 2 aliphatic rings. The van der Waals surface area contributed by atoms with Crippen LogP contribution in [-0.4, -0.2) is 29.3 Å². The van der Waals surface area contributed by atoms with Gasteiger partial charge in [0.2, 0.25) is 5.89 Å². The van der Waals surface area contributed by atoms with E-state index in [1.54, 1.807) is 0 Å². The second-order valence-corrected chi connectivity index (χ2v) is 6.16. The third kappa shape index (κ3) is 3.26. The van der Waals surface area contributed by atoms with Gasteiger partial charge in [0.15, 0.2) is 0 Å². The number of nitrogens with one attached hydrogen (secondary N) is 1. The van der Waals surface area contributed by atoms with Gasteiger partial charge in [-0.05, 0) is 44.4 Å². The second-order valence-electron chi connectivity index (χ2n) is 6.16. The third-order valence-electron chi connectivity index (χ3n) is 4.41. The molecule has 2 fully saturated rings. The summed E-state index contributed by atoms with van der Waals surface area (Å²) < 4.78 is 5.74. The maximum atomic E-state index is 5.74. The van der Waals surface area contributed by atoms with E-state index in [9.17, 15) is 0 Å². The zero-order valence-corrected chi connectivity index (χ0v) is 11.9. The van der Waals surface area contributed by atoms with Crippen LogP contribution in [0.2, 0.25) is 0 Å². The molecule has 5 heteroatoms. The average molecular weight is 264 g/mol. The van der Waals surface area contributed by atoms with E-state index >= 15 is 0 Å². The Morgan fingerprint density at radius 3 is 2.58 bits per heavy atom. The van der Waals surface area contributed by atoms with Gasteiger partial charge < -0.3 is 14.6 Å². The Kier molecular flexibility index (Phi) is 3.73. The highest BCUT2D eigenvalue weighted by atomic mass is 16.4. The largest absolute Gasteiger partial charge is 0.407 e. The molecular formula is C14H24N4O. The normalized spacial score (nSPS) is 27.5.